The average Bonchev–Trinajstić information content (AvgIpc) is 3.14. The number of hydrogen-bond donors (Lipinski definition) is 5. The highest BCUT2D eigenvalue weighted by Gasteiger charge is 2.19. The number of nitrogen functional groups attached to an aromatic ring is 2. The largest absolute Gasteiger partial charge is 0.397 e. The molecule has 0 saturated carbocycles. The number of carbonyl (C=O) groups is 2. The smallest absolute Gasteiger partial charge is 0.256 e. The van der Waals surface area contributed by atoms with E-state index in [2.05, 4.69) is 22.8 Å². The van der Waals surface area contributed by atoms with Crippen LogP contribution in [0.3, 0.4) is 0 Å². The zero-order valence-electron chi connectivity index (χ0n) is 26.9. The van der Waals surface area contributed by atoms with Crippen LogP contribution in [0.2, 0.25) is 0 Å². The van der Waals surface area contributed by atoms with Crippen LogP contribution in [0.25, 0.3) is 43.1 Å². The second kappa shape index (κ2) is 12.4. The molecule has 0 aromatic heterocycles. The predicted octanol–water partition coefficient (Wildman–Crippen LogP) is 9.05. The minimum atomic E-state index is -1.10. The van der Waals surface area contributed by atoms with E-state index in [0.29, 0.717) is 45.0 Å². The number of aliphatic hydroxyl groups is 1. The molecule has 0 aliphatic heterocycles. The van der Waals surface area contributed by atoms with E-state index in [1.54, 1.807) is 48.5 Å². The molecule has 0 saturated heterocycles. The van der Waals surface area contributed by atoms with Gasteiger partial charge in [-0.2, -0.15) is 0 Å². The maximum atomic E-state index is 13.6. The number of carbonyl (C=O) groups excluding carboxylic acids is 2. The predicted molar refractivity (Wildman–Crippen MR) is 205 cm³/mol. The summed E-state index contributed by atoms with van der Waals surface area (Å²) < 4.78 is 0. The molecule has 7 heteroatoms. The highest BCUT2D eigenvalue weighted by molar-refractivity contribution is 6.17. The van der Waals surface area contributed by atoms with Crippen molar-refractivity contribution in [3.8, 4) is 0 Å². The molecule has 242 valence electrons. The number of aliphatic hydroxyl groups excluding tert-OH is 1. The molecule has 50 heavy (non-hydrogen) atoms. The van der Waals surface area contributed by atoms with Crippen molar-refractivity contribution in [1.82, 2.24) is 0 Å². The van der Waals surface area contributed by atoms with Gasteiger partial charge in [-0.15, -0.1) is 0 Å². The third-order valence-electron chi connectivity index (χ3n) is 9.27. The molecule has 8 aromatic carbocycles. The molecule has 0 spiro atoms. The van der Waals surface area contributed by atoms with Crippen molar-refractivity contribution in [2.45, 2.75) is 6.10 Å². The van der Waals surface area contributed by atoms with Gasteiger partial charge in [-0.05, 0) is 115 Å². The van der Waals surface area contributed by atoms with Crippen LogP contribution in [0.5, 0.6) is 0 Å². The normalized spacial score (nSPS) is 11.4. The third-order valence-corrected chi connectivity index (χ3v) is 9.27. The lowest BCUT2D eigenvalue weighted by molar-refractivity contribution is 0.102. The molecule has 8 rings (SSSR count). The van der Waals surface area contributed by atoms with Crippen molar-refractivity contribution in [3.63, 3.8) is 0 Å². The first kappa shape index (κ1) is 30.6. The van der Waals surface area contributed by atoms with Crippen LogP contribution < -0.4 is 22.1 Å². The number of anilines is 4. The topological polar surface area (TPSA) is 130 Å². The van der Waals surface area contributed by atoms with Gasteiger partial charge in [0.05, 0.1) is 22.7 Å². The Kier molecular flexibility index (Phi) is 7.59. The lowest BCUT2D eigenvalue weighted by Gasteiger charge is -2.17. The molecular weight excluding hydrogens is 620 g/mol. The Morgan fingerprint density at radius 1 is 0.460 bits per heavy atom. The van der Waals surface area contributed by atoms with E-state index in [4.69, 9.17) is 11.5 Å². The first-order valence-corrected chi connectivity index (χ1v) is 16.2. The summed E-state index contributed by atoms with van der Waals surface area (Å²) in [6.45, 7) is 0. The molecule has 0 unspecified atom stereocenters. The van der Waals surface area contributed by atoms with Crippen molar-refractivity contribution in [3.05, 3.63) is 168 Å². The molecule has 0 fully saturated rings. The summed E-state index contributed by atoms with van der Waals surface area (Å²) in [7, 11) is 0. The maximum absolute atomic E-state index is 13.6. The molecule has 0 aliphatic carbocycles. The minimum absolute atomic E-state index is 0.317. The molecule has 7 nitrogen and oxygen atoms in total. The summed E-state index contributed by atoms with van der Waals surface area (Å²) >= 11 is 0. The Bertz CT molecular complexity index is 2470. The average molecular weight is 653 g/mol. The highest BCUT2D eigenvalue weighted by atomic mass is 16.3. The fourth-order valence-electron chi connectivity index (χ4n) is 6.61. The van der Waals surface area contributed by atoms with Crippen molar-refractivity contribution in [2.75, 3.05) is 22.1 Å². The quantitative estimate of drug-likeness (QED) is 0.0904. The Morgan fingerprint density at radius 3 is 1.26 bits per heavy atom. The van der Waals surface area contributed by atoms with E-state index < -0.39 is 6.10 Å². The molecular formula is C43H32N4O3. The number of benzene rings is 8. The molecule has 2 amide bonds. The van der Waals surface area contributed by atoms with Gasteiger partial charge in [-0.1, -0.05) is 84.9 Å². The van der Waals surface area contributed by atoms with Gasteiger partial charge in [0.25, 0.3) is 11.8 Å². The highest BCUT2D eigenvalue weighted by Crippen LogP contribution is 2.33. The summed E-state index contributed by atoms with van der Waals surface area (Å²) in [6, 6.07) is 45.5. The van der Waals surface area contributed by atoms with Crippen molar-refractivity contribution < 1.29 is 14.7 Å². The van der Waals surface area contributed by atoms with Crippen molar-refractivity contribution in [1.29, 1.82) is 0 Å². The number of nitrogens with one attached hydrogen (secondary N) is 2. The molecule has 8 aromatic rings. The van der Waals surface area contributed by atoms with Gasteiger partial charge in [0.15, 0.2) is 0 Å². The van der Waals surface area contributed by atoms with Crippen LogP contribution in [0.4, 0.5) is 22.7 Å². The second-order valence-corrected chi connectivity index (χ2v) is 12.5. The molecule has 0 bridgehead atoms. The standard InChI is InChI=1S/C43H32N4O3/c44-37-17-15-31(23-39(37)46-42(49)33-13-5-11-29-19-25-7-1-3-9-27(25)21-35(29)33)41(48)32-16-18-38(45)40(24-32)47-43(50)34-14-6-12-30-20-26-8-2-4-10-28(26)22-36(30)34/h1-24,41,48H,44-45H2,(H,46,49)(H,47,50). The van der Waals surface area contributed by atoms with Crippen LogP contribution in [0.1, 0.15) is 37.9 Å². The number of amides is 2. The van der Waals surface area contributed by atoms with Crippen LogP contribution in [0, 0.1) is 0 Å². The first-order valence-electron chi connectivity index (χ1n) is 16.2. The van der Waals surface area contributed by atoms with Crippen LogP contribution in [-0.2, 0) is 0 Å². The lowest BCUT2D eigenvalue weighted by atomic mass is 9.98. The third kappa shape index (κ3) is 5.61. The van der Waals surface area contributed by atoms with Gasteiger partial charge in [-0.25, -0.2) is 0 Å². The number of hydrogen-bond acceptors (Lipinski definition) is 5. The summed E-state index contributed by atoms with van der Waals surface area (Å²) in [5, 5.41) is 25.2. The number of fused-ring (bicyclic) bond motifs is 4. The van der Waals surface area contributed by atoms with Crippen LogP contribution >= 0.6 is 0 Å². The van der Waals surface area contributed by atoms with Gasteiger partial charge < -0.3 is 27.2 Å². The zero-order valence-corrected chi connectivity index (χ0v) is 26.9. The second-order valence-electron chi connectivity index (χ2n) is 12.5. The molecule has 0 radical (unpaired) electrons. The Morgan fingerprint density at radius 2 is 0.840 bits per heavy atom. The molecule has 0 atom stereocenters. The first-order chi connectivity index (χ1) is 24.3. The van der Waals surface area contributed by atoms with E-state index in [1.165, 1.54) is 0 Å². The van der Waals surface area contributed by atoms with Crippen molar-refractivity contribution >= 4 is 77.7 Å². The summed E-state index contributed by atoms with van der Waals surface area (Å²) in [4.78, 5) is 27.3. The summed E-state index contributed by atoms with van der Waals surface area (Å²) in [6.07, 6.45) is -1.10. The van der Waals surface area contributed by atoms with Gasteiger partial charge in [0.2, 0.25) is 0 Å². The van der Waals surface area contributed by atoms with Gasteiger partial charge in [0.1, 0.15) is 6.10 Å². The molecule has 7 N–H and O–H groups in total. The van der Waals surface area contributed by atoms with Crippen LogP contribution in [0.15, 0.2) is 146 Å². The summed E-state index contributed by atoms with van der Waals surface area (Å²) in [5.74, 6) is -0.633. The minimum Gasteiger partial charge on any atom is -0.397 e. The summed E-state index contributed by atoms with van der Waals surface area (Å²) in [5.41, 5.74) is 16.1. The van der Waals surface area contributed by atoms with E-state index in [0.717, 1.165) is 43.1 Å². The monoisotopic (exact) mass is 652 g/mol. The Balaban J connectivity index is 1.06. The Labute approximate surface area is 287 Å². The maximum Gasteiger partial charge on any atom is 0.256 e. The molecule has 0 aliphatic rings. The SMILES string of the molecule is Nc1ccc(C(O)c2ccc(N)c(NC(=O)c3cccc4cc5ccccc5cc34)c2)cc1NC(=O)c1cccc2cc3ccccc3cc12. The molecule has 0 heterocycles. The van der Waals surface area contributed by atoms with E-state index >= 15 is 0 Å². The lowest BCUT2D eigenvalue weighted by Crippen LogP contribution is -2.15. The van der Waals surface area contributed by atoms with E-state index in [1.807, 2.05) is 84.9 Å². The van der Waals surface area contributed by atoms with E-state index in [-0.39, 0.29) is 11.8 Å². The fraction of sp³-hybridized carbons (Fsp3) is 0.0233. The van der Waals surface area contributed by atoms with Crippen LogP contribution in [-0.4, -0.2) is 16.9 Å². The van der Waals surface area contributed by atoms with Gasteiger partial charge in [0, 0.05) is 11.1 Å². The van der Waals surface area contributed by atoms with Crippen molar-refractivity contribution in [2.24, 2.45) is 0 Å². The van der Waals surface area contributed by atoms with Gasteiger partial charge >= 0.3 is 0 Å². The number of rotatable bonds is 6. The Hall–Kier alpha value is -6.70. The zero-order chi connectivity index (χ0) is 34.4. The number of nitrogens with two attached hydrogens (primary N) is 2. The van der Waals surface area contributed by atoms with Gasteiger partial charge in [-0.3, -0.25) is 9.59 Å². The van der Waals surface area contributed by atoms with E-state index in [9.17, 15) is 14.7 Å². The fourth-order valence-corrected chi connectivity index (χ4v) is 6.61.